The van der Waals surface area contributed by atoms with E-state index < -0.39 is 11.0 Å². The van der Waals surface area contributed by atoms with Gasteiger partial charge in [0.1, 0.15) is 17.1 Å². The average molecular weight is 298 g/mol. The predicted octanol–water partition coefficient (Wildman–Crippen LogP) is 1.89. The maximum absolute atomic E-state index is 12.7. The van der Waals surface area contributed by atoms with Gasteiger partial charge in [-0.05, 0) is 42.4 Å². The quantitative estimate of drug-likeness (QED) is 0.743. The summed E-state index contributed by atoms with van der Waals surface area (Å²) in [7, 11) is 0. The molecule has 6 rings (SSSR count). The van der Waals surface area contributed by atoms with Crippen molar-refractivity contribution >= 4 is 11.8 Å². The third-order valence-electron chi connectivity index (χ3n) is 6.81. The maximum Gasteiger partial charge on any atom is 0.316 e. The Bertz CT molecular complexity index is 767. The lowest BCUT2D eigenvalue weighted by Gasteiger charge is -2.61. The number of fused-ring (bicyclic) bond motifs is 2. The molecule has 1 aromatic rings. The molecule has 1 saturated carbocycles. The molecule has 5 atom stereocenters. The number of ether oxygens (including phenoxy) is 1. The van der Waals surface area contributed by atoms with E-state index in [0.717, 1.165) is 23.1 Å². The molecular weight excluding hydrogens is 280 g/mol. The summed E-state index contributed by atoms with van der Waals surface area (Å²) in [5.41, 5.74) is 1.18. The van der Waals surface area contributed by atoms with E-state index in [2.05, 4.69) is 0 Å². The van der Waals surface area contributed by atoms with Crippen LogP contribution in [0.3, 0.4) is 0 Å². The van der Waals surface area contributed by atoms with Gasteiger partial charge in [-0.25, -0.2) is 0 Å². The van der Waals surface area contributed by atoms with Crippen LogP contribution in [0.1, 0.15) is 46.8 Å². The molecule has 2 aliphatic heterocycles. The minimum absolute atomic E-state index is 0.0364. The van der Waals surface area contributed by atoms with Crippen LogP contribution in [0.25, 0.3) is 0 Å². The van der Waals surface area contributed by atoms with Crippen molar-refractivity contribution in [3.05, 3.63) is 34.4 Å². The molecule has 2 unspecified atom stereocenters. The largest absolute Gasteiger partial charge is 0.461 e. The van der Waals surface area contributed by atoms with E-state index in [1.165, 1.54) is 0 Å². The highest BCUT2D eigenvalue weighted by Gasteiger charge is 2.76. The zero-order chi connectivity index (χ0) is 15.4. The lowest BCUT2D eigenvalue weighted by atomic mass is 9.47. The van der Waals surface area contributed by atoms with Gasteiger partial charge in [0.25, 0.3) is 0 Å². The van der Waals surface area contributed by atoms with Crippen molar-refractivity contribution in [1.29, 1.82) is 0 Å². The van der Waals surface area contributed by atoms with E-state index in [4.69, 9.17) is 4.74 Å². The molecule has 4 nitrogen and oxygen atoms in total. The van der Waals surface area contributed by atoms with Crippen molar-refractivity contribution in [2.45, 2.75) is 44.8 Å². The van der Waals surface area contributed by atoms with Crippen LogP contribution in [-0.4, -0.2) is 23.0 Å². The van der Waals surface area contributed by atoms with Crippen LogP contribution in [-0.2, 0) is 21.6 Å². The van der Waals surface area contributed by atoms with E-state index in [9.17, 15) is 14.7 Å². The topological polar surface area (TPSA) is 63.6 Å². The Hall–Kier alpha value is -1.68. The summed E-state index contributed by atoms with van der Waals surface area (Å²) in [6.07, 6.45) is 1.28. The van der Waals surface area contributed by atoms with Gasteiger partial charge in [-0.15, -0.1) is 0 Å². The summed E-state index contributed by atoms with van der Waals surface area (Å²) in [5, 5.41) is 11.8. The third kappa shape index (κ3) is 1.02. The molecule has 0 amide bonds. The Morgan fingerprint density at radius 3 is 2.82 bits per heavy atom. The minimum Gasteiger partial charge on any atom is -0.461 e. The predicted molar refractivity (Wildman–Crippen MR) is 77.3 cm³/mol. The first-order chi connectivity index (χ1) is 10.4. The number of Topliss-reactive ketones (excluding diaryl/α,β-unsaturated/α-hetero) is 1. The Balaban J connectivity index is 1.93. The molecule has 1 spiro atoms. The van der Waals surface area contributed by atoms with Crippen LogP contribution in [0.5, 0.6) is 0 Å². The zero-order valence-corrected chi connectivity index (χ0v) is 12.7. The van der Waals surface area contributed by atoms with Crippen molar-refractivity contribution in [2.24, 2.45) is 17.3 Å². The fourth-order valence-electron chi connectivity index (χ4n) is 5.74. The number of aliphatic hydroxyl groups is 1. The SMILES string of the molecule is Cc1ccc2c3c1C[C@@H]1C4C[C@H](C)C(CC2=O)(C(=O)O4)[C@]31O. The Morgan fingerprint density at radius 2 is 2.09 bits per heavy atom. The number of aryl methyl sites for hydroxylation is 1. The summed E-state index contributed by atoms with van der Waals surface area (Å²) < 4.78 is 5.63. The highest BCUT2D eigenvalue weighted by atomic mass is 16.6. The number of carbonyl (C=O) groups excluding carboxylic acids is 2. The number of hydrogen-bond donors (Lipinski definition) is 1. The first-order valence-electron chi connectivity index (χ1n) is 8.01. The smallest absolute Gasteiger partial charge is 0.316 e. The molecule has 5 aliphatic rings. The lowest BCUT2D eigenvalue weighted by molar-refractivity contribution is -0.270. The Kier molecular flexibility index (Phi) is 2.01. The molecule has 2 bridgehead atoms. The van der Waals surface area contributed by atoms with Gasteiger partial charge >= 0.3 is 5.97 Å². The van der Waals surface area contributed by atoms with Crippen LogP contribution in [0.4, 0.5) is 0 Å². The number of carbonyl (C=O) groups is 2. The second kappa shape index (κ2) is 3.46. The van der Waals surface area contributed by atoms with Crippen molar-refractivity contribution in [3.8, 4) is 0 Å². The van der Waals surface area contributed by atoms with Gasteiger partial charge in [-0.1, -0.05) is 19.1 Å². The Morgan fingerprint density at radius 1 is 1.32 bits per heavy atom. The fraction of sp³-hybridized carbons (Fsp3) is 0.556. The van der Waals surface area contributed by atoms with Gasteiger partial charge in [0, 0.05) is 17.9 Å². The normalized spacial score (nSPS) is 44.0. The fourth-order valence-corrected chi connectivity index (χ4v) is 5.74. The Labute approximate surface area is 128 Å². The van der Waals surface area contributed by atoms with E-state index in [1.807, 2.05) is 26.0 Å². The third-order valence-corrected chi connectivity index (χ3v) is 6.81. The van der Waals surface area contributed by atoms with Crippen LogP contribution in [0.15, 0.2) is 12.1 Å². The van der Waals surface area contributed by atoms with E-state index in [0.29, 0.717) is 12.0 Å². The number of ketones is 1. The van der Waals surface area contributed by atoms with Crippen molar-refractivity contribution in [2.75, 3.05) is 0 Å². The summed E-state index contributed by atoms with van der Waals surface area (Å²) in [4.78, 5) is 25.4. The van der Waals surface area contributed by atoms with E-state index >= 15 is 0 Å². The van der Waals surface area contributed by atoms with E-state index in [1.54, 1.807) is 0 Å². The molecule has 3 fully saturated rings. The molecule has 1 aromatic carbocycles. The van der Waals surface area contributed by atoms with Gasteiger partial charge in [0.15, 0.2) is 5.78 Å². The van der Waals surface area contributed by atoms with Crippen molar-refractivity contribution in [1.82, 2.24) is 0 Å². The monoisotopic (exact) mass is 298 g/mol. The first-order valence-corrected chi connectivity index (χ1v) is 8.01. The number of esters is 1. The second-order valence-electron chi connectivity index (χ2n) is 7.51. The van der Waals surface area contributed by atoms with Gasteiger partial charge in [0.2, 0.25) is 0 Å². The summed E-state index contributed by atoms with van der Waals surface area (Å²) in [5.74, 6) is -0.554. The number of rotatable bonds is 0. The average Bonchev–Trinajstić information content (AvgIpc) is 2.78. The molecule has 2 heterocycles. The van der Waals surface area contributed by atoms with Crippen molar-refractivity contribution in [3.63, 3.8) is 0 Å². The lowest BCUT2D eigenvalue weighted by Crippen LogP contribution is -2.71. The zero-order valence-electron chi connectivity index (χ0n) is 12.7. The maximum atomic E-state index is 12.7. The highest BCUT2D eigenvalue weighted by molar-refractivity contribution is 6.04. The molecule has 2 saturated heterocycles. The summed E-state index contributed by atoms with van der Waals surface area (Å²) in [6, 6.07) is 3.78. The van der Waals surface area contributed by atoms with Crippen LogP contribution < -0.4 is 0 Å². The first kappa shape index (κ1) is 12.8. The second-order valence-corrected chi connectivity index (χ2v) is 7.51. The summed E-state index contributed by atoms with van der Waals surface area (Å²) in [6.45, 7) is 3.99. The molecule has 0 radical (unpaired) electrons. The van der Waals surface area contributed by atoms with Gasteiger partial charge in [-0.2, -0.15) is 0 Å². The molecule has 114 valence electrons. The van der Waals surface area contributed by atoms with Crippen LogP contribution in [0.2, 0.25) is 0 Å². The molecule has 3 aliphatic carbocycles. The number of benzene rings is 1. The van der Waals surface area contributed by atoms with Gasteiger partial charge in [-0.3, -0.25) is 9.59 Å². The highest BCUT2D eigenvalue weighted by Crippen LogP contribution is 2.69. The van der Waals surface area contributed by atoms with Gasteiger partial charge in [0.05, 0.1) is 0 Å². The molecule has 4 heteroatoms. The molecular formula is C18H18O4. The summed E-state index contributed by atoms with van der Waals surface area (Å²) >= 11 is 0. The molecule has 22 heavy (non-hydrogen) atoms. The van der Waals surface area contributed by atoms with Gasteiger partial charge < -0.3 is 9.84 Å². The van der Waals surface area contributed by atoms with Crippen molar-refractivity contribution < 1.29 is 19.4 Å². The number of hydrogen-bond acceptors (Lipinski definition) is 4. The molecule has 0 aromatic heterocycles. The minimum atomic E-state index is -1.23. The standard InChI is InChI=1S/C18H18O4/c1-8-3-4-10-13(19)7-17-9(2)5-14(22-16(17)20)12-6-11(8)15(10)18(12,17)21/h3-4,9,12,14,21H,5-7H2,1-2H3/t9-,12+,14?,17?,18+/m0/s1. The van der Waals surface area contributed by atoms with E-state index in [-0.39, 0.29) is 36.1 Å². The van der Waals surface area contributed by atoms with Crippen LogP contribution in [0, 0.1) is 24.2 Å². The van der Waals surface area contributed by atoms with Crippen LogP contribution >= 0.6 is 0 Å². The molecule has 1 N–H and O–H groups in total.